The molecule has 0 amide bonds. The van der Waals surface area contributed by atoms with E-state index in [9.17, 15) is 0 Å². The summed E-state index contributed by atoms with van der Waals surface area (Å²) < 4.78 is 7.71. The molecule has 0 atom stereocenters. The van der Waals surface area contributed by atoms with Gasteiger partial charge < -0.3 is 9.32 Å². The van der Waals surface area contributed by atoms with E-state index in [4.69, 9.17) is 9.40 Å². The average molecular weight is 403 g/mol. The van der Waals surface area contributed by atoms with Crippen molar-refractivity contribution in [3.63, 3.8) is 0 Å². The maximum absolute atomic E-state index is 5.73. The molecular weight excluding hydrogens is 372 g/mol. The van der Waals surface area contributed by atoms with Crippen molar-refractivity contribution in [1.82, 2.24) is 19.7 Å². The summed E-state index contributed by atoms with van der Waals surface area (Å²) in [4.78, 5) is 7.39. The van der Waals surface area contributed by atoms with Gasteiger partial charge in [-0.3, -0.25) is 0 Å². The molecule has 0 saturated heterocycles. The van der Waals surface area contributed by atoms with Crippen molar-refractivity contribution >= 4 is 11.0 Å². The van der Waals surface area contributed by atoms with E-state index in [1.807, 2.05) is 23.0 Å². The van der Waals surface area contributed by atoms with Crippen LogP contribution in [0, 0.1) is 0 Å². The lowest BCUT2D eigenvalue weighted by Crippen LogP contribution is -2.18. The number of aromatic nitrogens is 3. The molecule has 30 heavy (non-hydrogen) atoms. The van der Waals surface area contributed by atoms with Crippen LogP contribution in [0.3, 0.4) is 0 Å². The highest BCUT2D eigenvalue weighted by Crippen LogP contribution is 2.33. The van der Waals surface area contributed by atoms with Gasteiger partial charge in [0, 0.05) is 23.7 Å². The summed E-state index contributed by atoms with van der Waals surface area (Å²) in [5, 5.41) is 5.60. The zero-order valence-corrected chi connectivity index (χ0v) is 18.3. The minimum Gasteiger partial charge on any atom is -0.464 e. The molecule has 0 spiro atoms. The molecule has 0 N–H and O–H groups in total. The predicted molar refractivity (Wildman–Crippen MR) is 122 cm³/mol. The van der Waals surface area contributed by atoms with Crippen molar-refractivity contribution in [1.29, 1.82) is 0 Å². The van der Waals surface area contributed by atoms with Crippen LogP contribution in [0.4, 0.5) is 0 Å². The molecule has 3 aromatic heterocycles. The van der Waals surface area contributed by atoms with Crippen LogP contribution in [0.25, 0.3) is 33.6 Å². The number of unbranched alkanes of at least 4 members (excludes halogenated alkanes) is 1. The first-order valence-corrected chi connectivity index (χ1v) is 10.8. The third-order valence-electron chi connectivity index (χ3n) is 5.41. The van der Waals surface area contributed by atoms with Crippen LogP contribution in [0.15, 0.2) is 59.3 Å². The number of hydrogen-bond donors (Lipinski definition) is 0. The zero-order valence-electron chi connectivity index (χ0n) is 18.3. The van der Waals surface area contributed by atoms with Gasteiger partial charge in [-0.05, 0) is 63.7 Å². The molecule has 156 valence electrons. The molecule has 0 bridgehead atoms. The minimum absolute atomic E-state index is 0.230. The molecule has 4 aromatic rings. The summed E-state index contributed by atoms with van der Waals surface area (Å²) >= 11 is 0. The second kappa shape index (κ2) is 8.84. The summed E-state index contributed by atoms with van der Waals surface area (Å²) in [6, 6.07) is 14.9. The lowest BCUT2D eigenvalue weighted by Gasteiger charge is -2.17. The van der Waals surface area contributed by atoms with E-state index in [1.165, 1.54) is 18.4 Å². The predicted octanol–water partition coefficient (Wildman–Crippen LogP) is 6.17. The van der Waals surface area contributed by atoms with Crippen molar-refractivity contribution in [3.05, 3.63) is 60.5 Å². The molecule has 0 aliphatic heterocycles. The third kappa shape index (κ3) is 4.17. The van der Waals surface area contributed by atoms with Crippen LogP contribution in [-0.2, 0) is 6.54 Å². The van der Waals surface area contributed by atoms with Crippen molar-refractivity contribution in [3.8, 4) is 22.6 Å². The average Bonchev–Trinajstić information content (AvgIpc) is 3.41. The first kappa shape index (κ1) is 20.4. The third-order valence-corrected chi connectivity index (χ3v) is 5.41. The second-order valence-corrected chi connectivity index (χ2v) is 8.24. The smallest absolute Gasteiger partial charge is 0.159 e. The molecular formula is C25H30N4O. The Hall–Kier alpha value is -2.92. The van der Waals surface area contributed by atoms with Crippen LogP contribution in [-0.4, -0.2) is 33.3 Å². The molecule has 0 aliphatic rings. The maximum Gasteiger partial charge on any atom is 0.159 e. The number of rotatable bonds is 8. The summed E-state index contributed by atoms with van der Waals surface area (Å²) in [5.41, 5.74) is 5.26. The topological polar surface area (TPSA) is 47.1 Å². The van der Waals surface area contributed by atoms with Crippen LogP contribution < -0.4 is 0 Å². The highest BCUT2D eigenvalue weighted by atomic mass is 16.3. The van der Waals surface area contributed by atoms with Gasteiger partial charge in [0.25, 0.3) is 0 Å². The Morgan fingerprint density at radius 1 is 1.13 bits per heavy atom. The molecule has 1 aromatic carbocycles. The highest BCUT2D eigenvalue weighted by molar-refractivity contribution is 5.93. The SMILES string of the molecule is CCCCN(C)Cc1cccc(-c2cc(-c3ccco3)c3cnn(C(C)C)c3n2)c1. The fraction of sp³-hybridized carbons (Fsp3) is 0.360. The van der Waals surface area contributed by atoms with E-state index >= 15 is 0 Å². The van der Waals surface area contributed by atoms with Crippen LogP contribution in [0.1, 0.15) is 45.2 Å². The van der Waals surface area contributed by atoms with Gasteiger partial charge in [-0.15, -0.1) is 0 Å². The molecule has 0 fully saturated rings. The molecule has 0 saturated carbocycles. The van der Waals surface area contributed by atoms with E-state index in [1.54, 1.807) is 6.26 Å². The number of hydrogen-bond acceptors (Lipinski definition) is 4. The molecule has 0 unspecified atom stereocenters. The van der Waals surface area contributed by atoms with Crippen molar-refractivity contribution in [2.45, 2.75) is 46.2 Å². The van der Waals surface area contributed by atoms with E-state index in [2.05, 4.69) is 68.1 Å². The van der Waals surface area contributed by atoms with Crippen molar-refractivity contribution < 1.29 is 4.42 Å². The Bertz CT molecular complexity index is 1110. The van der Waals surface area contributed by atoms with Crippen molar-refractivity contribution in [2.24, 2.45) is 0 Å². The largest absolute Gasteiger partial charge is 0.464 e. The fourth-order valence-corrected chi connectivity index (χ4v) is 3.83. The maximum atomic E-state index is 5.73. The van der Waals surface area contributed by atoms with E-state index in [-0.39, 0.29) is 6.04 Å². The Kier molecular flexibility index (Phi) is 6.00. The van der Waals surface area contributed by atoms with Gasteiger partial charge in [0.15, 0.2) is 5.65 Å². The Balaban J connectivity index is 1.77. The Morgan fingerprint density at radius 2 is 2.00 bits per heavy atom. The number of pyridine rings is 1. The fourth-order valence-electron chi connectivity index (χ4n) is 3.83. The minimum atomic E-state index is 0.230. The van der Waals surface area contributed by atoms with Gasteiger partial charge in [0.05, 0.1) is 23.5 Å². The summed E-state index contributed by atoms with van der Waals surface area (Å²) in [6.07, 6.45) is 6.04. The van der Waals surface area contributed by atoms with Crippen LogP contribution >= 0.6 is 0 Å². The Labute approximate surface area is 178 Å². The van der Waals surface area contributed by atoms with E-state index < -0.39 is 0 Å². The standard InChI is InChI=1S/C25H30N4O/c1-5-6-12-28(4)17-19-9-7-10-20(14-19)23-15-21(24-11-8-13-30-24)22-16-26-29(18(2)3)25(22)27-23/h7-11,13-16,18H,5-6,12,17H2,1-4H3. The lowest BCUT2D eigenvalue weighted by atomic mass is 10.0. The van der Waals surface area contributed by atoms with Gasteiger partial charge in [-0.2, -0.15) is 5.10 Å². The molecule has 5 nitrogen and oxygen atoms in total. The summed E-state index contributed by atoms with van der Waals surface area (Å²) in [5.74, 6) is 0.836. The van der Waals surface area contributed by atoms with Gasteiger partial charge >= 0.3 is 0 Å². The van der Waals surface area contributed by atoms with Gasteiger partial charge in [0.2, 0.25) is 0 Å². The molecule has 5 heteroatoms. The van der Waals surface area contributed by atoms with Crippen molar-refractivity contribution in [2.75, 3.05) is 13.6 Å². The van der Waals surface area contributed by atoms with Gasteiger partial charge in [-0.1, -0.05) is 31.5 Å². The number of fused-ring (bicyclic) bond motifs is 1. The van der Waals surface area contributed by atoms with Gasteiger partial charge in [0.1, 0.15) is 5.76 Å². The first-order valence-electron chi connectivity index (χ1n) is 10.8. The number of furan rings is 1. The highest BCUT2D eigenvalue weighted by Gasteiger charge is 2.17. The quantitative estimate of drug-likeness (QED) is 0.353. The van der Waals surface area contributed by atoms with Crippen LogP contribution in [0.5, 0.6) is 0 Å². The van der Waals surface area contributed by atoms with E-state index in [0.717, 1.165) is 46.7 Å². The van der Waals surface area contributed by atoms with E-state index in [0.29, 0.717) is 0 Å². The van der Waals surface area contributed by atoms with Gasteiger partial charge in [-0.25, -0.2) is 9.67 Å². The Morgan fingerprint density at radius 3 is 2.73 bits per heavy atom. The zero-order chi connectivity index (χ0) is 21.1. The summed E-state index contributed by atoms with van der Waals surface area (Å²) in [7, 11) is 2.18. The monoisotopic (exact) mass is 402 g/mol. The number of benzene rings is 1. The second-order valence-electron chi connectivity index (χ2n) is 8.24. The molecule has 3 heterocycles. The molecule has 0 radical (unpaired) electrons. The lowest BCUT2D eigenvalue weighted by molar-refractivity contribution is 0.321. The number of nitrogens with zero attached hydrogens (tertiary/aromatic N) is 4. The summed E-state index contributed by atoms with van der Waals surface area (Å²) in [6.45, 7) is 8.53. The molecule has 4 rings (SSSR count). The normalized spacial score (nSPS) is 11.8. The first-order chi connectivity index (χ1) is 14.6. The van der Waals surface area contributed by atoms with Crippen LogP contribution in [0.2, 0.25) is 0 Å². The molecule has 0 aliphatic carbocycles.